The van der Waals surface area contributed by atoms with E-state index in [-0.39, 0.29) is 11.6 Å². The van der Waals surface area contributed by atoms with E-state index in [1.165, 1.54) is 0 Å². The zero-order valence-electron chi connectivity index (χ0n) is 12.2. The van der Waals surface area contributed by atoms with Crippen molar-refractivity contribution in [3.05, 3.63) is 33.7 Å². The molecular weight excluding hydrogens is 256 g/mol. The Kier molecular flexibility index (Phi) is 4.96. The summed E-state index contributed by atoms with van der Waals surface area (Å²) in [6, 6.07) is 3.67. The van der Waals surface area contributed by atoms with Gasteiger partial charge in [-0.05, 0) is 31.7 Å². The van der Waals surface area contributed by atoms with Gasteiger partial charge in [0.1, 0.15) is 0 Å². The third-order valence-corrected chi connectivity index (χ3v) is 3.91. The van der Waals surface area contributed by atoms with Crippen LogP contribution in [0, 0.1) is 0 Å². The maximum absolute atomic E-state index is 11.4. The Balaban J connectivity index is 2.00. The number of aliphatic hydroxyl groups is 1. The van der Waals surface area contributed by atoms with E-state index in [0.29, 0.717) is 19.6 Å². The number of hydrogen-bond donors (Lipinski definition) is 3. The standard InChI is InChI=1S/C15H24N2O3/c1-15(19,8-9-20-2)10-16-12-4-3-5-13-11(12)6-7-14(18)17-13/h6-7,12,16,19H,3-5,8-10H2,1-2H3,(H,17,18). The molecule has 1 aromatic rings. The summed E-state index contributed by atoms with van der Waals surface area (Å²) in [5.41, 5.74) is 1.35. The first-order valence-corrected chi connectivity index (χ1v) is 7.19. The summed E-state index contributed by atoms with van der Waals surface area (Å²) in [7, 11) is 1.64. The molecule has 0 amide bonds. The molecule has 0 saturated carbocycles. The smallest absolute Gasteiger partial charge is 0.248 e. The van der Waals surface area contributed by atoms with Gasteiger partial charge < -0.3 is 20.1 Å². The Hall–Kier alpha value is -1.17. The molecule has 2 rings (SSSR count). The highest BCUT2D eigenvalue weighted by molar-refractivity contribution is 5.26. The Morgan fingerprint density at radius 2 is 2.35 bits per heavy atom. The molecule has 5 nitrogen and oxygen atoms in total. The SMILES string of the molecule is COCCC(C)(O)CNC1CCCc2[nH]c(=O)ccc21. The molecule has 0 aliphatic heterocycles. The van der Waals surface area contributed by atoms with Crippen LogP contribution < -0.4 is 10.9 Å². The van der Waals surface area contributed by atoms with Crippen LogP contribution in [0.25, 0.3) is 0 Å². The van der Waals surface area contributed by atoms with Crippen LogP contribution in [0.4, 0.5) is 0 Å². The van der Waals surface area contributed by atoms with Crippen molar-refractivity contribution in [1.29, 1.82) is 0 Å². The highest BCUT2D eigenvalue weighted by Crippen LogP contribution is 2.27. The molecule has 112 valence electrons. The second-order valence-electron chi connectivity index (χ2n) is 5.82. The van der Waals surface area contributed by atoms with E-state index in [4.69, 9.17) is 4.74 Å². The summed E-state index contributed by atoms with van der Waals surface area (Å²) in [6.45, 7) is 2.87. The number of aryl methyl sites for hydroxylation is 1. The van der Waals surface area contributed by atoms with Crippen LogP contribution in [0.3, 0.4) is 0 Å². The highest BCUT2D eigenvalue weighted by Gasteiger charge is 2.25. The summed E-state index contributed by atoms with van der Waals surface area (Å²) in [6.07, 6.45) is 3.59. The van der Waals surface area contributed by atoms with Gasteiger partial charge in [0.05, 0.1) is 5.60 Å². The van der Waals surface area contributed by atoms with Gasteiger partial charge in [0, 0.05) is 44.5 Å². The first-order valence-electron chi connectivity index (χ1n) is 7.19. The van der Waals surface area contributed by atoms with Crippen molar-refractivity contribution in [3.63, 3.8) is 0 Å². The number of rotatable bonds is 6. The Morgan fingerprint density at radius 1 is 1.55 bits per heavy atom. The van der Waals surface area contributed by atoms with Gasteiger partial charge in [-0.3, -0.25) is 4.79 Å². The minimum atomic E-state index is -0.782. The van der Waals surface area contributed by atoms with Crippen LogP contribution in [0.15, 0.2) is 16.9 Å². The van der Waals surface area contributed by atoms with Gasteiger partial charge >= 0.3 is 0 Å². The molecule has 0 bridgehead atoms. The maximum atomic E-state index is 11.4. The fraction of sp³-hybridized carbons (Fsp3) is 0.667. The van der Waals surface area contributed by atoms with Crippen LogP contribution in [0.5, 0.6) is 0 Å². The number of hydrogen-bond acceptors (Lipinski definition) is 4. The van der Waals surface area contributed by atoms with E-state index < -0.39 is 5.60 Å². The third-order valence-electron chi connectivity index (χ3n) is 3.91. The average molecular weight is 280 g/mol. The van der Waals surface area contributed by atoms with Gasteiger partial charge in [-0.15, -0.1) is 0 Å². The second-order valence-corrected chi connectivity index (χ2v) is 5.82. The summed E-state index contributed by atoms with van der Waals surface area (Å²) in [5, 5.41) is 13.7. The first-order chi connectivity index (χ1) is 9.52. The number of nitrogens with one attached hydrogen (secondary N) is 2. The average Bonchev–Trinajstić information content (AvgIpc) is 2.42. The summed E-state index contributed by atoms with van der Waals surface area (Å²) < 4.78 is 5.01. The zero-order valence-corrected chi connectivity index (χ0v) is 12.2. The van der Waals surface area contributed by atoms with Crippen LogP contribution >= 0.6 is 0 Å². The number of ether oxygens (including phenoxy) is 1. The van der Waals surface area contributed by atoms with Crippen LogP contribution in [0.2, 0.25) is 0 Å². The number of pyridine rings is 1. The van der Waals surface area contributed by atoms with E-state index >= 15 is 0 Å². The monoisotopic (exact) mass is 280 g/mol. The fourth-order valence-corrected chi connectivity index (χ4v) is 2.67. The minimum Gasteiger partial charge on any atom is -0.389 e. The normalized spacial score (nSPS) is 21.2. The predicted molar refractivity (Wildman–Crippen MR) is 77.9 cm³/mol. The number of fused-ring (bicyclic) bond motifs is 1. The molecule has 1 aromatic heterocycles. The predicted octanol–water partition coefficient (Wildman–Crippen LogP) is 1.13. The second kappa shape index (κ2) is 6.52. The lowest BCUT2D eigenvalue weighted by Crippen LogP contribution is -2.41. The Morgan fingerprint density at radius 3 is 3.10 bits per heavy atom. The van der Waals surface area contributed by atoms with Crippen LogP contribution in [-0.4, -0.2) is 36.0 Å². The molecule has 0 radical (unpaired) electrons. The molecule has 0 spiro atoms. The molecular formula is C15H24N2O3. The van der Waals surface area contributed by atoms with E-state index in [1.807, 2.05) is 13.0 Å². The molecule has 0 saturated heterocycles. The maximum Gasteiger partial charge on any atom is 0.248 e. The first kappa shape index (κ1) is 15.2. The van der Waals surface area contributed by atoms with Crippen molar-refractivity contribution >= 4 is 0 Å². The Bertz CT molecular complexity index is 496. The lowest BCUT2D eigenvalue weighted by molar-refractivity contribution is 0.0222. The van der Waals surface area contributed by atoms with Crippen molar-refractivity contribution in [2.75, 3.05) is 20.3 Å². The number of H-pyrrole nitrogens is 1. The molecule has 2 atom stereocenters. The number of aromatic nitrogens is 1. The molecule has 1 heterocycles. The van der Waals surface area contributed by atoms with Gasteiger partial charge in [0.2, 0.25) is 5.56 Å². The van der Waals surface area contributed by atoms with E-state index in [1.54, 1.807) is 13.2 Å². The van der Waals surface area contributed by atoms with E-state index in [9.17, 15) is 9.90 Å². The van der Waals surface area contributed by atoms with Gasteiger partial charge in [-0.1, -0.05) is 6.07 Å². The summed E-state index contributed by atoms with van der Waals surface area (Å²) >= 11 is 0. The summed E-state index contributed by atoms with van der Waals surface area (Å²) in [4.78, 5) is 14.3. The molecule has 1 aliphatic rings. The largest absolute Gasteiger partial charge is 0.389 e. The van der Waals surface area contributed by atoms with Crippen LogP contribution in [-0.2, 0) is 11.2 Å². The summed E-state index contributed by atoms with van der Waals surface area (Å²) in [5.74, 6) is 0. The van der Waals surface area contributed by atoms with Crippen molar-refractivity contribution in [1.82, 2.24) is 10.3 Å². The van der Waals surface area contributed by atoms with Gasteiger partial charge in [-0.25, -0.2) is 0 Å². The quantitative estimate of drug-likeness (QED) is 0.730. The topological polar surface area (TPSA) is 74.3 Å². The molecule has 3 N–H and O–H groups in total. The third kappa shape index (κ3) is 3.91. The van der Waals surface area contributed by atoms with E-state index in [0.717, 1.165) is 30.5 Å². The van der Waals surface area contributed by atoms with Crippen molar-refractivity contribution in [2.24, 2.45) is 0 Å². The fourth-order valence-electron chi connectivity index (χ4n) is 2.67. The van der Waals surface area contributed by atoms with Gasteiger partial charge in [0.25, 0.3) is 0 Å². The van der Waals surface area contributed by atoms with Gasteiger partial charge in [0.15, 0.2) is 0 Å². The number of methoxy groups -OCH3 is 1. The van der Waals surface area contributed by atoms with Crippen molar-refractivity contribution < 1.29 is 9.84 Å². The molecule has 0 aromatic carbocycles. The Labute approximate surface area is 119 Å². The van der Waals surface area contributed by atoms with Gasteiger partial charge in [-0.2, -0.15) is 0 Å². The molecule has 5 heteroatoms. The molecule has 0 fully saturated rings. The lowest BCUT2D eigenvalue weighted by Gasteiger charge is -2.30. The van der Waals surface area contributed by atoms with Crippen LogP contribution in [0.1, 0.15) is 43.5 Å². The lowest BCUT2D eigenvalue weighted by atomic mass is 9.90. The molecule has 1 aliphatic carbocycles. The zero-order chi connectivity index (χ0) is 14.6. The van der Waals surface area contributed by atoms with Crippen molar-refractivity contribution in [3.8, 4) is 0 Å². The molecule has 2 unspecified atom stereocenters. The van der Waals surface area contributed by atoms with E-state index in [2.05, 4.69) is 10.3 Å². The highest BCUT2D eigenvalue weighted by atomic mass is 16.5. The minimum absolute atomic E-state index is 0.0449. The van der Waals surface area contributed by atoms with Crippen molar-refractivity contribution in [2.45, 2.75) is 44.2 Å². The number of aromatic amines is 1. The molecule has 20 heavy (non-hydrogen) atoms.